The van der Waals surface area contributed by atoms with Gasteiger partial charge in [0, 0.05) is 0 Å². The molecule has 5 nitrogen and oxygen atoms in total. The van der Waals surface area contributed by atoms with Crippen molar-refractivity contribution in [3.63, 3.8) is 0 Å². The summed E-state index contributed by atoms with van der Waals surface area (Å²) in [5, 5.41) is 9.12. The lowest BCUT2D eigenvalue weighted by Gasteiger charge is -2.16. The molecular weight excluding hydrogens is 290 g/mol. The third kappa shape index (κ3) is 5.47. The zero-order chi connectivity index (χ0) is 16.0. The molecule has 21 heavy (non-hydrogen) atoms. The highest BCUT2D eigenvalue weighted by molar-refractivity contribution is 7.89. The van der Waals surface area contributed by atoms with Crippen LogP contribution < -0.4 is 4.72 Å². The van der Waals surface area contributed by atoms with Crippen molar-refractivity contribution >= 4 is 16.0 Å². The zero-order valence-corrected chi connectivity index (χ0v) is 13.5. The van der Waals surface area contributed by atoms with Crippen LogP contribution in [0.1, 0.15) is 39.2 Å². The number of aliphatic carboxylic acids is 1. The van der Waals surface area contributed by atoms with Crippen molar-refractivity contribution in [3.05, 3.63) is 29.8 Å². The Morgan fingerprint density at radius 2 is 1.81 bits per heavy atom. The predicted molar refractivity (Wildman–Crippen MR) is 81.6 cm³/mol. The normalized spacial score (nSPS) is 13.3. The summed E-state index contributed by atoms with van der Waals surface area (Å²) >= 11 is 0. The molecule has 0 aliphatic heterocycles. The summed E-state index contributed by atoms with van der Waals surface area (Å²) in [6, 6.07) is 5.45. The number of carbonyl (C=O) groups is 1. The van der Waals surface area contributed by atoms with Crippen LogP contribution in [0.5, 0.6) is 0 Å². The Hall–Kier alpha value is -1.40. The van der Waals surface area contributed by atoms with Crippen LogP contribution in [0.2, 0.25) is 0 Å². The molecule has 0 aromatic heterocycles. The highest BCUT2D eigenvalue weighted by Gasteiger charge is 2.25. The van der Waals surface area contributed by atoms with Crippen LogP contribution in [0.25, 0.3) is 0 Å². The summed E-state index contributed by atoms with van der Waals surface area (Å²) in [6.07, 6.45) is 2.13. The fraction of sp³-hybridized carbons (Fsp3) is 0.533. The molecule has 0 saturated heterocycles. The second-order valence-electron chi connectivity index (χ2n) is 5.54. The molecule has 0 saturated carbocycles. The molecule has 0 aliphatic carbocycles. The Labute approximate surface area is 126 Å². The highest BCUT2D eigenvalue weighted by atomic mass is 32.2. The number of rotatable bonds is 8. The van der Waals surface area contributed by atoms with E-state index in [0.29, 0.717) is 0 Å². The monoisotopic (exact) mass is 313 g/mol. The van der Waals surface area contributed by atoms with Crippen LogP contribution in [-0.2, 0) is 21.2 Å². The van der Waals surface area contributed by atoms with Crippen molar-refractivity contribution in [2.24, 2.45) is 5.92 Å². The Bertz CT molecular complexity index is 564. The molecule has 0 fully saturated rings. The molecule has 1 aromatic rings. The first-order valence-electron chi connectivity index (χ1n) is 7.10. The molecule has 2 N–H and O–H groups in total. The van der Waals surface area contributed by atoms with Crippen molar-refractivity contribution in [2.75, 3.05) is 0 Å². The van der Waals surface area contributed by atoms with E-state index in [1.165, 1.54) is 12.1 Å². The minimum Gasteiger partial charge on any atom is -0.480 e. The fourth-order valence-electron chi connectivity index (χ4n) is 2.05. The summed E-state index contributed by atoms with van der Waals surface area (Å²) in [4.78, 5) is 11.3. The van der Waals surface area contributed by atoms with Gasteiger partial charge in [-0.25, -0.2) is 8.42 Å². The smallest absolute Gasteiger partial charge is 0.321 e. The fourth-order valence-corrected chi connectivity index (χ4v) is 3.25. The van der Waals surface area contributed by atoms with E-state index < -0.39 is 22.0 Å². The van der Waals surface area contributed by atoms with Gasteiger partial charge in [-0.15, -0.1) is 0 Å². The number of carboxylic acids is 1. The van der Waals surface area contributed by atoms with E-state index in [9.17, 15) is 13.2 Å². The lowest BCUT2D eigenvalue weighted by atomic mass is 10.1. The number of hydrogen-bond acceptors (Lipinski definition) is 3. The Morgan fingerprint density at radius 1 is 1.24 bits per heavy atom. The Balaban J connectivity index is 2.91. The maximum Gasteiger partial charge on any atom is 0.321 e. The van der Waals surface area contributed by atoms with Gasteiger partial charge in [-0.05, 0) is 36.5 Å². The molecule has 1 unspecified atom stereocenters. The summed E-state index contributed by atoms with van der Waals surface area (Å²) < 4.78 is 26.7. The summed E-state index contributed by atoms with van der Waals surface area (Å²) in [6.45, 7) is 5.75. The molecule has 1 rings (SSSR count). The van der Waals surface area contributed by atoms with Crippen LogP contribution in [0.4, 0.5) is 0 Å². The van der Waals surface area contributed by atoms with E-state index in [1.807, 2.05) is 13.8 Å². The van der Waals surface area contributed by atoms with Crippen LogP contribution in [0.3, 0.4) is 0 Å². The average molecular weight is 313 g/mol. The average Bonchev–Trinajstić information content (AvgIpc) is 2.38. The van der Waals surface area contributed by atoms with Gasteiger partial charge < -0.3 is 5.11 Å². The number of hydrogen-bond donors (Lipinski definition) is 2. The van der Waals surface area contributed by atoms with Gasteiger partial charge in [-0.3, -0.25) is 4.79 Å². The summed E-state index contributed by atoms with van der Waals surface area (Å²) in [7, 11) is -3.81. The van der Waals surface area contributed by atoms with E-state index in [-0.39, 0.29) is 17.2 Å². The second kappa shape index (κ2) is 7.56. The molecule has 0 aliphatic rings. The first-order chi connectivity index (χ1) is 9.76. The van der Waals surface area contributed by atoms with Gasteiger partial charge in [0.2, 0.25) is 10.0 Å². The molecule has 0 bridgehead atoms. The van der Waals surface area contributed by atoms with Gasteiger partial charge in [0.25, 0.3) is 0 Å². The van der Waals surface area contributed by atoms with Gasteiger partial charge in [-0.1, -0.05) is 39.3 Å². The predicted octanol–water partition coefficient (Wildman–Crippen LogP) is 2.42. The van der Waals surface area contributed by atoms with E-state index in [2.05, 4.69) is 11.6 Å². The first kappa shape index (κ1) is 17.7. The molecule has 0 amide bonds. The number of aryl methyl sites for hydroxylation is 1. The SMILES string of the molecule is CCCc1ccc(S(=O)(=O)NC(CC(C)C)C(=O)O)cc1. The maximum absolute atomic E-state index is 12.2. The minimum absolute atomic E-state index is 0.0840. The molecule has 0 spiro atoms. The van der Waals surface area contributed by atoms with E-state index in [4.69, 9.17) is 5.11 Å². The molecule has 0 heterocycles. The van der Waals surface area contributed by atoms with Crippen LogP contribution in [0.15, 0.2) is 29.2 Å². The zero-order valence-electron chi connectivity index (χ0n) is 12.7. The van der Waals surface area contributed by atoms with Crippen molar-refractivity contribution in [3.8, 4) is 0 Å². The molecule has 0 radical (unpaired) electrons. The maximum atomic E-state index is 12.2. The molecule has 1 aromatic carbocycles. The van der Waals surface area contributed by atoms with Crippen LogP contribution in [-0.4, -0.2) is 25.5 Å². The standard InChI is InChI=1S/C15H23NO4S/c1-4-5-12-6-8-13(9-7-12)21(19,20)16-14(15(17)18)10-11(2)3/h6-9,11,14,16H,4-5,10H2,1-3H3,(H,17,18). The summed E-state index contributed by atoms with van der Waals surface area (Å²) in [5.74, 6) is -1.07. The second-order valence-corrected chi connectivity index (χ2v) is 7.25. The van der Waals surface area contributed by atoms with Gasteiger partial charge in [0.05, 0.1) is 4.90 Å². The van der Waals surface area contributed by atoms with E-state index in [1.54, 1.807) is 12.1 Å². The molecular formula is C15H23NO4S. The van der Waals surface area contributed by atoms with Gasteiger partial charge >= 0.3 is 5.97 Å². The third-order valence-electron chi connectivity index (χ3n) is 3.07. The quantitative estimate of drug-likeness (QED) is 0.772. The number of benzene rings is 1. The third-order valence-corrected chi connectivity index (χ3v) is 4.56. The number of carboxylic acid groups (broad SMARTS) is 1. The minimum atomic E-state index is -3.81. The van der Waals surface area contributed by atoms with Crippen molar-refractivity contribution < 1.29 is 18.3 Å². The van der Waals surface area contributed by atoms with Gasteiger partial charge in [-0.2, -0.15) is 4.72 Å². The molecule has 6 heteroatoms. The van der Waals surface area contributed by atoms with E-state index >= 15 is 0 Å². The van der Waals surface area contributed by atoms with Crippen LogP contribution in [0, 0.1) is 5.92 Å². The first-order valence-corrected chi connectivity index (χ1v) is 8.58. The van der Waals surface area contributed by atoms with Crippen molar-refractivity contribution in [2.45, 2.75) is 51.0 Å². The van der Waals surface area contributed by atoms with Crippen LogP contribution >= 0.6 is 0 Å². The van der Waals surface area contributed by atoms with Gasteiger partial charge in [0.15, 0.2) is 0 Å². The van der Waals surface area contributed by atoms with E-state index in [0.717, 1.165) is 18.4 Å². The largest absolute Gasteiger partial charge is 0.480 e. The molecule has 118 valence electrons. The lowest BCUT2D eigenvalue weighted by molar-refractivity contribution is -0.139. The number of sulfonamides is 1. The highest BCUT2D eigenvalue weighted by Crippen LogP contribution is 2.14. The Morgan fingerprint density at radius 3 is 2.24 bits per heavy atom. The number of nitrogens with one attached hydrogen (secondary N) is 1. The van der Waals surface area contributed by atoms with Crippen molar-refractivity contribution in [1.29, 1.82) is 0 Å². The topological polar surface area (TPSA) is 83.5 Å². The lowest BCUT2D eigenvalue weighted by Crippen LogP contribution is -2.41. The Kier molecular flexibility index (Phi) is 6.36. The molecule has 1 atom stereocenters. The van der Waals surface area contributed by atoms with Gasteiger partial charge in [0.1, 0.15) is 6.04 Å². The van der Waals surface area contributed by atoms with Crippen molar-refractivity contribution in [1.82, 2.24) is 4.72 Å². The summed E-state index contributed by atoms with van der Waals surface area (Å²) in [5.41, 5.74) is 1.06.